The minimum Gasteiger partial charge on any atom is -0.368 e. The third-order valence-electron chi connectivity index (χ3n) is 3.78. The Morgan fingerprint density at radius 1 is 1.45 bits per heavy atom. The zero-order chi connectivity index (χ0) is 14.5. The van der Waals surface area contributed by atoms with E-state index in [4.69, 9.17) is 0 Å². The van der Waals surface area contributed by atoms with Crippen LogP contribution in [0.15, 0.2) is 18.2 Å². The molecule has 110 valence electrons. The van der Waals surface area contributed by atoms with Gasteiger partial charge >= 0.3 is 0 Å². The van der Waals surface area contributed by atoms with Crippen molar-refractivity contribution in [2.24, 2.45) is 5.92 Å². The lowest BCUT2D eigenvalue weighted by Crippen LogP contribution is -2.37. The predicted octanol–water partition coefficient (Wildman–Crippen LogP) is 3.16. The first kappa shape index (κ1) is 14.8. The predicted molar refractivity (Wildman–Crippen MR) is 81.9 cm³/mol. The van der Waals surface area contributed by atoms with Crippen molar-refractivity contribution in [3.63, 3.8) is 0 Å². The summed E-state index contributed by atoms with van der Waals surface area (Å²) in [4.78, 5) is 18.9. The Bertz CT molecular complexity index is 455. The molecule has 20 heavy (non-hydrogen) atoms. The number of nitrogens with zero attached hydrogens (tertiary/aromatic N) is 2. The number of hydrogen-bond donors (Lipinski definition) is 1. The Hall–Kier alpha value is -1.58. The van der Waals surface area contributed by atoms with E-state index in [-0.39, 0.29) is 5.91 Å². The summed E-state index contributed by atoms with van der Waals surface area (Å²) in [5, 5.41) is 3.24. The first-order valence-corrected chi connectivity index (χ1v) is 7.63. The van der Waals surface area contributed by atoms with Gasteiger partial charge in [-0.1, -0.05) is 12.5 Å². The fourth-order valence-corrected chi connectivity index (χ4v) is 2.43. The second-order valence-corrected chi connectivity index (χ2v) is 5.85. The first-order valence-electron chi connectivity index (χ1n) is 7.63. The molecule has 0 unspecified atom stereocenters. The highest BCUT2D eigenvalue weighted by Gasteiger charge is 2.24. The lowest BCUT2D eigenvalue weighted by atomic mass is 9.85. The number of carbonyl (C=O) groups excluding carboxylic acids is 1. The quantitative estimate of drug-likeness (QED) is 0.867. The van der Waals surface area contributed by atoms with Crippen molar-refractivity contribution in [3.05, 3.63) is 23.9 Å². The Morgan fingerprint density at radius 3 is 2.75 bits per heavy atom. The Morgan fingerprint density at radius 2 is 2.20 bits per heavy atom. The lowest BCUT2D eigenvalue weighted by molar-refractivity contribution is 0.0700. The summed E-state index contributed by atoms with van der Waals surface area (Å²) in [6.07, 6.45) is 3.82. The molecule has 0 bridgehead atoms. The molecule has 1 N–H and O–H groups in total. The maximum absolute atomic E-state index is 12.5. The van der Waals surface area contributed by atoms with Crippen molar-refractivity contribution in [2.45, 2.75) is 46.1 Å². The summed E-state index contributed by atoms with van der Waals surface area (Å²) in [5.41, 5.74) is 0.539. The molecule has 1 aromatic rings. The van der Waals surface area contributed by atoms with Gasteiger partial charge in [0, 0.05) is 19.1 Å². The number of nitrogens with one attached hydrogen (secondary N) is 1. The average Bonchev–Trinajstić information content (AvgIpc) is 2.36. The van der Waals surface area contributed by atoms with Crippen LogP contribution in [0.4, 0.5) is 5.82 Å². The smallest absolute Gasteiger partial charge is 0.272 e. The minimum absolute atomic E-state index is 0.0480. The molecule has 1 aromatic heterocycles. The molecular formula is C16H25N3O. The molecule has 2 rings (SSSR count). The van der Waals surface area contributed by atoms with Crippen molar-refractivity contribution in [2.75, 3.05) is 18.4 Å². The van der Waals surface area contributed by atoms with Gasteiger partial charge in [-0.2, -0.15) is 0 Å². The van der Waals surface area contributed by atoms with Gasteiger partial charge < -0.3 is 10.2 Å². The van der Waals surface area contributed by atoms with E-state index in [0.717, 1.165) is 18.9 Å². The fraction of sp³-hybridized carbons (Fsp3) is 0.625. The van der Waals surface area contributed by atoms with E-state index in [2.05, 4.69) is 24.1 Å². The number of anilines is 1. The average molecular weight is 275 g/mol. The van der Waals surface area contributed by atoms with Crippen LogP contribution in [0.3, 0.4) is 0 Å². The third-order valence-corrected chi connectivity index (χ3v) is 3.78. The standard InChI is InChI=1S/C16H25N3O/c1-4-19(11-13-7-5-8-13)16(20)14-9-6-10-15(18-14)17-12(2)3/h6,9-10,12-13H,4-5,7-8,11H2,1-3H3,(H,17,18). The van der Waals surface area contributed by atoms with Gasteiger partial charge in [-0.25, -0.2) is 4.98 Å². The van der Waals surface area contributed by atoms with Gasteiger partial charge in [0.2, 0.25) is 0 Å². The molecule has 0 aliphatic heterocycles. The van der Waals surface area contributed by atoms with Crippen LogP contribution in [0.2, 0.25) is 0 Å². The summed E-state index contributed by atoms with van der Waals surface area (Å²) in [6.45, 7) is 7.78. The molecule has 4 heteroatoms. The molecule has 0 aromatic carbocycles. The molecule has 0 saturated heterocycles. The van der Waals surface area contributed by atoms with Gasteiger partial charge in [0.25, 0.3) is 5.91 Å². The lowest BCUT2D eigenvalue weighted by Gasteiger charge is -2.31. The van der Waals surface area contributed by atoms with Gasteiger partial charge in [-0.05, 0) is 51.7 Å². The second kappa shape index (κ2) is 6.73. The third kappa shape index (κ3) is 3.71. The van der Waals surface area contributed by atoms with E-state index < -0.39 is 0 Å². The molecule has 1 aliphatic rings. The summed E-state index contributed by atoms with van der Waals surface area (Å²) in [6, 6.07) is 5.91. The Kier molecular flexibility index (Phi) is 4.99. The molecule has 1 amide bonds. The zero-order valence-corrected chi connectivity index (χ0v) is 12.7. The number of carbonyl (C=O) groups is 1. The van der Waals surface area contributed by atoms with Crippen molar-refractivity contribution in [3.8, 4) is 0 Å². The van der Waals surface area contributed by atoms with E-state index >= 15 is 0 Å². The number of amides is 1. The van der Waals surface area contributed by atoms with Crippen LogP contribution in [0.25, 0.3) is 0 Å². The number of aromatic nitrogens is 1. The van der Waals surface area contributed by atoms with E-state index in [1.165, 1.54) is 19.3 Å². The monoisotopic (exact) mass is 275 g/mol. The highest BCUT2D eigenvalue weighted by atomic mass is 16.2. The van der Waals surface area contributed by atoms with Crippen LogP contribution < -0.4 is 5.32 Å². The van der Waals surface area contributed by atoms with E-state index in [1.54, 1.807) is 6.07 Å². The SMILES string of the molecule is CCN(CC1CCC1)C(=O)c1cccc(NC(C)C)n1. The number of hydrogen-bond acceptors (Lipinski definition) is 3. The fourth-order valence-electron chi connectivity index (χ4n) is 2.43. The number of pyridine rings is 1. The first-order chi connectivity index (χ1) is 9.60. The molecule has 1 saturated carbocycles. The topological polar surface area (TPSA) is 45.2 Å². The van der Waals surface area contributed by atoms with Crippen LogP contribution in [0, 0.1) is 5.92 Å². The van der Waals surface area contributed by atoms with E-state index in [9.17, 15) is 4.79 Å². The van der Waals surface area contributed by atoms with Crippen molar-refractivity contribution in [1.29, 1.82) is 0 Å². The van der Waals surface area contributed by atoms with Gasteiger partial charge in [0.05, 0.1) is 0 Å². The minimum atomic E-state index is 0.0480. The molecule has 1 heterocycles. The molecule has 1 fully saturated rings. The summed E-state index contributed by atoms with van der Waals surface area (Å²) in [7, 11) is 0. The molecule has 0 radical (unpaired) electrons. The summed E-state index contributed by atoms with van der Waals surface area (Å²) in [5.74, 6) is 1.51. The van der Waals surface area contributed by atoms with Gasteiger partial charge in [-0.3, -0.25) is 4.79 Å². The Labute approximate surface area is 121 Å². The van der Waals surface area contributed by atoms with Crippen molar-refractivity contribution < 1.29 is 4.79 Å². The van der Waals surface area contributed by atoms with Crippen LogP contribution in [-0.4, -0.2) is 34.9 Å². The second-order valence-electron chi connectivity index (χ2n) is 5.85. The molecular weight excluding hydrogens is 250 g/mol. The zero-order valence-electron chi connectivity index (χ0n) is 12.7. The Balaban J connectivity index is 2.05. The van der Waals surface area contributed by atoms with E-state index in [0.29, 0.717) is 17.7 Å². The van der Waals surface area contributed by atoms with Gasteiger partial charge in [0.1, 0.15) is 11.5 Å². The molecule has 4 nitrogen and oxygen atoms in total. The van der Waals surface area contributed by atoms with Crippen LogP contribution in [-0.2, 0) is 0 Å². The number of rotatable bonds is 6. The highest BCUT2D eigenvalue weighted by Crippen LogP contribution is 2.27. The maximum Gasteiger partial charge on any atom is 0.272 e. The van der Waals surface area contributed by atoms with Gasteiger partial charge in [-0.15, -0.1) is 0 Å². The summed E-state index contributed by atoms with van der Waals surface area (Å²) >= 11 is 0. The van der Waals surface area contributed by atoms with E-state index in [1.807, 2.05) is 24.0 Å². The maximum atomic E-state index is 12.5. The summed E-state index contributed by atoms with van der Waals surface area (Å²) < 4.78 is 0. The van der Waals surface area contributed by atoms with Crippen LogP contribution in [0.5, 0.6) is 0 Å². The normalized spacial score (nSPS) is 15.0. The highest BCUT2D eigenvalue weighted by molar-refractivity contribution is 5.92. The van der Waals surface area contributed by atoms with Crippen molar-refractivity contribution >= 4 is 11.7 Å². The van der Waals surface area contributed by atoms with Crippen LogP contribution >= 0.6 is 0 Å². The largest absolute Gasteiger partial charge is 0.368 e. The molecule has 0 atom stereocenters. The van der Waals surface area contributed by atoms with Gasteiger partial charge in [0.15, 0.2) is 0 Å². The molecule has 0 spiro atoms. The molecule has 1 aliphatic carbocycles. The van der Waals surface area contributed by atoms with Crippen molar-refractivity contribution in [1.82, 2.24) is 9.88 Å². The van der Waals surface area contributed by atoms with Crippen LogP contribution in [0.1, 0.15) is 50.5 Å².